The van der Waals surface area contributed by atoms with Gasteiger partial charge in [0.15, 0.2) is 0 Å². The van der Waals surface area contributed by atoms with Crippen LogP contribution in [-0.2, 0) is 0 Å². The first kappa shape index (κ1) is 15.0. The summed E-state index contributed by atoms with van der Waals surface area (Å²) in [6.07, 6.45) is 5.11. The monoisotopic (exact) mass is 288 g/mol. The minimum Gasteiger partial charge on any atom is -0.393 e. The first-order chi connectivity index (χ1) is 10.1. The number of piperidine rings is 1. The number of hydrogen-bond acceptors (Lipinski definition) is 3. The maximum Gasteiger partial charge on any atom is 0.0570 e. The van der Waals surface area contributed by atoms with E-state index in [1.54, 1.807) is 0 Å². The van der Waals surface area contributed by atoms with Gasteiger partial charge in [-0.3, -0.25) is 4.90 Å². The van der Waals surface area contributed by atoms with E-state index in [9.17, 15) is 5.11 Å². The van der Waals surface area contributed by atoms with E-state index in [0.29, 0.717) is 18.1 Å². The Balaban J connectivity index is 1.91. The number of hydrogen-bond donors (Lipinski definition) is 2. The lowest BCUT2D eigenvalue weighted by atomic mass is 9.90. The van der Waals surface area contributed by atoms with Crippen LogP contribution >= 0.6 is 0 Å². The molecule has 2 aliphatic rings. The Morgan fingerprint density at radius 2 is 1.76 bits per heavy atom. The van der Waals surface area contributed by atoms with Crippen molar-refractivity contribution >= 4 is 0 Å². The van der Waals surface area contributed by atoms with E-state index >= 15 is 0 Å². The molecular weight excluding hydrogens is 260 g/mol. The average Bonchev–Trinajstić information content (AvgIpc) is 2.73. The number of aliphatic hydroxyl groups is 1. The molecule has 3 rings (SSSR count). The molecule has 3 nitrogen and oxygen atoms in total. The summed E-state index contributed by atoms with van der Waals surface area (Å²) in [6.45, 7) is 4.30. The Hall–Kier alpha value is -0.900. The highest BCUT2D eigenvalue weighted by atomic mass is 16.3. The molecule has 0 spiro atoms. The van der Waals surface area contributed by atoms with Gasteiger partial charge in [0.2, 0.25) is 0 Å². The second kappa shape index (κ2) is 6.07. The van der Waals surface area contributed by atoms with E-state index in [-0.39, 0.29) is 12.1 Å². The van der Waals surface area contributed by atoms with E-state index in [1.807, 2.05) is 0 Å². The lowest BCUT2D eigenvalue weighted by Gasteiger charge is -2.44. The highest BCUT2D eigenvalue weighted by molar-refractivity contribution is 5.26. The van der Waals surface area contributed by atoms with Crippen molar-refractivity contribution in [1.82, 2.24) is 4.90 Å². The Morgan fingerprint density at radius 1 is 1.19 bits per heavy atom. The summed E-state index contributed by atoms with van der Waals surface area (Å²) in [5.74, 6) is 0. The summed E-state index contributed by atoms with van der Waals surface area (Å²) < 4.78 is 0. The smallest absolute Gasteiger partial charge is 0.0570 e. The lowest BCUT2D eigenvalue weighted by Crippen LogP contribution is -2.51. The first-order valence-corrected chi connectivity index (χ1v) is 8.37. The number of rotatable bonds is 4. The molecule has 2 saturated heterocycles. The van der Waals surface area contributed by atoms with Gasteiger partial charge in [0.25, 0.3) is 0 Å². The van der Waals surface area contributed by atoms with Crippen molar-refractivity contribution in [3.63, 3.8) is 0 Å². The zero-order valence-electron chi connectivity index (χ0n) is 13.2. The fraction of sp³-hybridized carbons (Fsp3) is 0.667. The van der Waals surface area contributed by atoms with Crippen LogP contribution in [0, 0.1) is 6.92 Å². The molecule has 0 radical (unpaired) electrons. The molecule has 3 N–H and O–H groups in total. The number of benzene rings is 1. The summed E-state index contributed by atoms with van der Waals surface area (Å²) in [7, 11) is 0. The van der Waals surface area contributed by atoms with Crippen LogP contribution in [0.3, 0.4) is 0 Å². The summed E-state index contributed by atoms with van der Waals surface area (Å²) in [5, 5.41) is 10.0. The van der Waals surface area contributed by atoms with Gasteiger partial charge in [-0.05, 0) is 44.6 Å². The van der Waals surface area contributed by atoms with Crippen molar-refractivity contribution in [3.8, 4) is 0 Å². The van der Waals surface area contributed by atoms with Crippen molar-refractivity contribution < 1.29 is 5.11 Å². The van der Waals surface area contributed by atoms with Gasteiger partial charge >= 0.3 is 0 Å². The topological polar surface area (TPSA) is 49.5 Å². The fourth-order valence-electron chi connectivity index (χ4n) is 4.27. The Bertz CT molecular complexity index is 459. The molecule has 2 aliphatic heterocycles. The predicted molar refractivity (Wildman–Crippen MR) is 86.1 cm³/mol. The third-order valence-corrected chi connectivity index (χ3v) is 5.38. The molecule has 21 heavy (non-hydrogen) atoms. The molecule has 0 aromatic heterocycles. The maximum absolute atomic E-state index is 10.0. The van der Waals surface area contributed by atoms with Crippen molar-refractivity contribution in [1.29, 1.82) is 0 Å². The highest BCUT2D eigenvalue weighted by Crippen LogP contribution is 2.42. The Labute approximate surface area is 128 Å². The van der Waals surface area contributed by atoms with Crippen LogP contribution < -0.4 is 5.73 Å². The zero-order chi connectivity index (χ0) is 15.0. The summed E-state index contributed by atoms with van der Waals surface area (Å²) >= 11 is 0. The molecule has 0 aliphatic carbocycles. The fourth-order valence-corrected chi connectivity index (χ4v) is 4.27. The van der Waals surface area contributed by atoms with E-state index in [4.69, 9.17) is 5.73 Å². The zero-order valence-corrected chi connectivity index (χ0v) is 13.2. The standard InChI is InChI=1S/C18H28N2O/c1-3-17(19)18(13-6-4-12(2)5-7-13)20-14-8-9-15(20)11-16(21)10-14/h4-7,14-18,21H,3,8-11,19H2,1-2H3. The SMILES string of the molecule is CCC(N)C(c1ccc(C)cc1)N1C2CCC1CC(O)C2. The van der Waals surface area contributed by atoms with Crippen molar-refractivity contribution in [2.75, 3.05) is 0 Å². The molecule has 2 fully saturated rings. The molecule has 4 unspecified atom stereocenters. The minimum absolute atomic E-state index is 0.115. The Kier molecular flexibility index (Phi) is 4.34. The van der Waals surface area contributed by atoms with Crippen molar-refractivity contribution in [3.05, 3.63) is 35.4 Å². The molecule has 1 aromatic rings. The van der Waals surface area contributed by atoms with Gasteiger partial charge in [-0.2, -0.15) is 0 Å². The molecule has 2 heterocycles. The number of nitrogens with two attached hydrogens (primary N) is 1. The third kappa shape index (κ3) is 2.87. The number of aliphatic hydroxyl groups excluding tert-OH is 1. The van der Waals surface area contributed by atoms with E-state index in [0.717, 1.165) is 19.3 Å². The average molecular weight is 288 g/mol. The van der Waals surface area contributed by atoms with Crippen LogP contribution in [0.25, 0.3) is 0 Å². The number of nitrogens with zero attached hydrogens (tertiary/aromatic N) is 1. The third-order valence-electron chi connectivity index (χ3n) is 5.38. The lowest BCUT2D eigenvalue weighted by molar-refractivity contribution is 0.00231. The van der Waals surface area contributed by atoms with Gasteiger partial charge in [-0.25, -0.2) is 0 Å². The second-order valence-electron chi connectivity index (χ2n) is 6.89. The van der Waals surface area contributed by atoms with Crippen LogP contribution in [0.4, 0.5) is 0 Å². The van der Waals surface area contributed by atoms with E-state index < -0.39 is 0 Å². The molecule has 0 amide bonds. The Morgan fingerprint density at radius 3 is 2.29 bits per heavy atom. The van der Waals surface area contributed by atoms with Crippen LogP contribution in [0.1, 0.15) is 56.2 Å². The van der Waals surface area contributed by atoms with Gasteiger partial charge in [-0.15, -0.1) is 0 Å². The van der Waals surface area contributed by atoms with Crippen LogP contribution in [0.5, 0.6) is 0 Å². The molecule has 0 saturated carbocycles. The summed E-state index contributed by atoms with van der Waals surface area (Å²) in [5.41, 5.74) is 9.13. The minimum atomic E-state index is -0.115. The molecule has 116 valence electrons. The number of aryl methyl sites for hydroxylation is 1. The van der Waals surface area contributed by atoms with Gasteiger partial charge in [0, 0.05) is 18.1 Å². The largest absolute Gasteiger partial charge is 0.393 e. The molecular formula is C18H28N2O. The highest BCUT2D eigenvalue weighted by Gasteiger charge is 2.45. The molecule has 1 aromatic carbocycles. The molecule has 3 heteroatoms. The predicted octanol–water partition coefficient (Wildman–Crippen LogP) is 2.76. The van der Waals surface area contributed by atoms with E-state index in [2.05, 4.69) is 43.0 Å². The van der Waals surface area contributed by atoms with E-state index in [1.165, 1.54) is 24.0 Å². The van der Waals surface area contributed by atoms with Crippen LogP contribution in [-0.4, -0.2) is 34.2 Å². The van der Waals surface area contributed by atoms with Gasteiger partial charge in [-0.1, -0.05) is 36.8 Å². The van der Waals surface area contributed by atoms with Gasteiger partial charge in [0.1, 0.15) is 0 Å². The number of fused-ring (bicyclic) bond motifs is 2. The van der Waals surface area contributed by atoms with Crippen LogP contribution in [0.2, 0.25) is 0 Å². The summed E-state index contributed by atoms with van der Waals surface area (Å²) in [4.78, 5) is 2.63. The van der Waals surface area contributed by atoms with Crippen LogP contribution in [0.15, 0.2) is 24.3 Å². The quantitative estimate of drug-likeness (QED) is 0.895. The van der Waals surface area contributed by atoms with Gasteiger partial charge in [0.05, 0.1) is 12.1 Å². The second-order valence-corrected chi connectivity index (χ2v) is 6.89. The normalized spacial score (nSPS) is 32.1. The van der Waals surface area contributed by atoms with Crippen molar-refractivity contribution in [2.45, 2.75) is 76.2 Å². The summed E-state index contributed by atoms with van der Waals surface area (Å²) in [6, 6.07) is 10.3. The van der Waals surface area contributed by atoms with Gasteiger partial charge < -0.3 is 10.8 Å². The maximum atomic E-state index is 10.0. The van der Waals surface area contributed by atoms with Crippen molar-refractivity contribution in [2.24, 2.45) is 5.73 Å². The first-order valence-electron chi connectivity index (χ1n) is 8.37. The molecule has 2 bridgehead atoms. The molecule has 4 atom stereocenters.